The lowest BCUT2D eigenvalue weighted by Crippen LogP contribution is -2.33. The number of hydrogen-bond donors (Lipinski definition) is 1. The minimum Gasteiger partial charge on any atom is -0.439 e. The van der Waals surface area contributed by atoms with Crippen molar-refractivity contribution in [2.24, 2.45) is 0 Å². The van der Waals surface area contributed by atoms with Gasteiger partial charge in [-0.1, -0.05) is 18.7 Å². The van der Waals surface area contributed by atoms with Crippen molar-refractivity contribution in [2.75, 3.05) is 18.4 Å². The van der Waals surface area contributed by atoms with Crippen molar-refractivity contribution in [3.05, 3.63) is 91.3 Å². The van der Waals surface area contributed by atoms with E-state index in [9.17, 15) is 4.79 Å². The lowest BCUT2D eigenvalue weighted by atomic mass is 9.98. The molecule has 0 radical (unpaired) electrons. The Morgan fingerprint density at radius 3 is 2.84 bits per heavy atom. The molecule has 188 valence electrons. The Hall–Kier alpha value is -5.12. The molecule has 1 N–H and O–H groups in total. The van der Waals surface area contributed by atoms with Crippen molar-refractivity contribution >= 4 is 39.5 Å². The van der Waals surface area contributed by atoms with Crippen molar-refractivity contribution in [1.82, 2.24) is 34.4 Å². The number of aromatic nitrogens is 6. The van der Waals surface area contributed by atoms with Crippen LogP contribution in [0.1, 0.15) is 17.5 Å². The number of nitrogens with one attached hydrogen (secondary N) is 1. The predicted molar refractivity (Wildman–Crippen MR) is 144 cm³/mol. The Morgan fingerprint density at radius 1 is 1.11 bits per heavy atom. The summed E-state index contributed by atoms with van der Waals surface area (Å²) in [4.78, 5) is 27.0. The molecule has 38 heavy (non-hydrogen) atoms. The summed E-state index contributed by atoms with van der Waals surface area (Å²) in [5.41, 5.74) is 5.60. The molecule has 0 saturated heterocycles. The summed E-state index contributed by atoms with van der Waals surface area (Å²) in [6.07, 6.45) is 8.99. The number of hydrogen-bond acceptors (Lipinski definition) is 8. The van der Waals surface area contributed by atoms with Crippen LogP contribution in [0.4, 0.5) is 11.5 Å². The lowest BCUT2D eigenvalue weighted by molar-refractivity contribution is -0.125. The van der Waals surface area contributed by atoms with Crippen LogP contribution in [0.15, 0.2) is 80.2 Å². The molecular weight excluding hydrogens is 480 g/mol. The van der Waals surface area contributed by atoms with Gasteiger partial charge >= 0.3 is 0 Å². The van der Waals surface area contributed by atoms with Crippen molar-refractivity contribution in [3.63, 3.8) is 0 Å². The maximum absolute atomic E-state index is 11.9. The van der Waals surface area contributed by atoms with Gasteiger partial charge in [0.25, 0.3) is 0 Å². The third kappa shape index (κ3) is 4.55. The second kappa shape index (κ2) is 9.74. The molecule has 0 saturated carbocycles. The summed E-state index contributed by atoms with van der Waals surface area (Å²) in [7, 11) is 0. The van der Waals surface area contributed by atoms with Crippen LogP contribution in [-0.2, 0) is 4.79 Å². The van der Waals surface area contributed by atoms with E-state index in [4.69, 9.17) is 4.74 Å². The highest BCUT2D eigenvalue weighted by Gasteiger charge is 2.17. The molecule has 0 unspecified atom stereocenters. The molecule has 0 fully saturated rings. The van der Waals surface area contributed by atoms with E-state index in [1.807, 2.05) is 31.2 Å². The molecule has 3 aromatic heterocycles. The third-order valence-corrected chi connectivity index (χ3v) is 6.52. The molecule has 0 atom stereocenters. The molecule has 5 aromatic rings. The molecule has 0 aliphatic carbocycles. The lowest BCUT2D eigenvalue weighted by Gasteiger charge is -2.25. The van der Waals surface area contributed by atoms with E-state index in [2.05, 4.69) is 55.3 Å². The Labute approximate surface area is 218 Å². The second-order valence-corrected chi connectivity index (χ2v) is 8.95. The molecule has 1 amide bonds. The maximum Gasteiger partial charge on any atom is 0.246 e. The number of fused-ring (bicyclic) bond motifs is 2. The smallest absolute Gasteiger partial charge is 0.246 e. The number of benzene rings is 2. The van der Waals surface area contributed by atoms with Crippen LogP contribution in [0.2, 0.25) is 0 Å². The zero-order chi connectivity index (χ0) is 26.1. The quantitative estimate of drug-likeness (QED) is 0.331. The van der Waals surface area contributed by atoms with E-state index in [1.165, 1.54) is 11.6 Å². The molecule has 0 bridgehead atoms. The Bertz CT molecular complexity index is 1730. The van der Waals surface area contributed by atoms with Gasteiger partial charge in [0.2, 0.25) is 11.8 Å². The summed E-state index contributed by atoms with van der Waals surface area (Å²) < 4.78 is 7.71. The van der Waals surface area contributed by atoms with Crippen LogP contribution in [-0.4, -0.2) is 53.4 Å². The molecule has 6 rings (SSSR count). The summed E-state index contributed by atoms with van der Waals surface area (Å²) in [6.45, 7) is 6.80. The number of anilines is 2. The van der Waals surface area contributed by atoms with Crippen LogP contribution in [0.5, 0.6) is 11.6 Å². The predicted octanol–water partition coefficient (Wildman–Crippen LogP) is 4.71. The topological polar surface area (TPSA) is 110 Å². The zero-order valence-electron chi connectivity index (χ0n) is 20.7. The van der Waals surface area contributed by atoms with Gasteiger partial charge in [-0.2, -0.15) is 0 Å². The SMILES string of the molecule is C=CC(=O)N1CC=C(c2ccc3ncnc(Nc4ccc(Oc5cc6nncn6cn5)c(C)c4)c3c2)CC1. The normalized spacial score (nSPS) is 13.4. The molecule has 1 aliphatic heterocycles. The number of carbonyl (C=O) groups is 1. The van der Waals surface area contributed by atoms with Crippen molar-refractivity contribution in [1.29, 1.82) is 0 Å². The minimum atomic E-state index is -0.0435. The largest absolute Gasteiger partial charge is 0.439 e. The van der Waals surface area contributed by atoms with E-state index in [0.29, 0.717) is 36.2 Å². The Morgan fingerprint density at radius 2 is 2.03 bits per heavy atom. The monoisotopic (exact) mass is 504 g/mol. The first-order valence-electron chi connectivity index (χ1n) is 12.1. The molecular formula is C28H24N8O2. The van der Waals surface area contributed by atoms with Crippen molar-refractivity contribution in [2.45, 2.75) is 13.3 Å². The first-order chi connectivity index (χ1) is 18.6. The van der Waals surface area contributed by atoms with E-state index in [0.717, 1.165) is 34.1 Å². The zero-order valence-corrected chi connectivity index (χ0v) is 20.7. The fourth-order valence-corrected chi connectivity index (χ4v) is 4.47. The van der Waals surface area contributed by atoms with Crippen LogP contribution >= 0.6 is 0 Å². The summed E-state index contributed by atoms with van der Waals surface area (Å²) in [5, 5.41) is 12.2. The maximum atomic E-state index is 11.9. The van der Waals surface area contributed by atoms with Gasteiger partial charge in [-0.3, -0.25) is 9.20 Å². The molecule has 0 spiro atoms. The Balaban J connectivity index is 1.23. The van der Waals surface area contributed by atoms with Crippen LogP contribution in [0.25, 0.3) is 22.1 Å². The number of aryl methyl sites for hydroxylation is 1. The van der Waals surface area contributed by atoms with Crippen molar-refractivity contribution in [3.8, 4) is 11.6 Å². The average molecular weight is 505 g/mol. The van der Waals surface area contributed by atoms with Gasteiger partial charge < -0.3 is 15.0 Å². The number of ether oxygens (including phenoxy) is 1. The fourth-order valence-electron chi connectivity index (χ4n) is 4.47. The number of nitrogens with zero attached hydrogens (tertiary/aromatic N) is 7. The van der Waals surface area contributed by atoms with Gasteiger partial charge in [0.1, 0.15) is 30.5 Å². The van der Waals surface area contributed by atoms with E-state index >= 15 is 0 Å². The molecule has 2 aromatic carbocycles. The highest BCUT2D eigenvalue weighted by Crippen LogP contribution is 2.31. The van der Waals surface area contributed by atoms with E-state index in [1.54, 1.807) is 34.3 Å². The molecule has 10 heteroatoms. The summed E-state index contributed by atoms with van der Waals surface area (Å²) in [6, 6.07) is 13.7. The van der Waals surface area contributed by atoms with Crippen LogP contribution < -0.4 is 10.1 Å². The highest BCUT2D eigenvalue weighted by molar-refractivity contribution is 5.93. The molecule has 10 nitrogen and oxygen atoms in total. The van der Waals surface area contributed by atoms with E-state index < -0.39 is 0 Å². The second-order valence-electron chi connectivity index (χ2n) is 8.95. The van der Waals surface area contributed by atoms with Gasteiger partial charge in [0.15, 0.2) is 5.65 Å². The first kappa shape index (κ1) is 23.3. The average Bonchev–Trinajstić information content (AvgIpc) is 3.42. The van der Waals surface area contributed by atoms with Crippen LogP contribution in [0.3, 0.4) is 0 Å². The number of rotatable bonds is 6. The van der Waals surface area contributed by atoms with Gasteiger partial charge in [-0.25, -0.2) is 15.0 Å². The fraction of sp³-hybridized carbons (Fsp3) is 0.143. The number of carbonyl (C=O) groups excluding carboxylic acids is 1. The standard InChI is InChI=1S/C28H24N8O2/c1-3-27(37)35-10-8-19(9-11-35)20-4-6-23-22(13-20)28(30-15-29-23)33-21-5-7-24(18(2)12-21)38-26-14-25-34-32-17-36(25)16-31-26/h3-8,12-17H,1,9-11H2,2H3,(H,29,30,33). The minimum absolute atomic E-state index is 0.0435. The van der Waals surface area contributed by atoms with Crippen molar-refractivity contribution < 1.29 is 9.53 Å². The van der Waals surface area contributed by atoms with Gasteiger partial charge in [0, 0.05) is 30.2 Å². The number of amides is 1. The summed E-state index contributed by atoms with van der Waals surface area (Å²) >= 11 is 0. The summed E-state index contributed by atoms with van der Waals surface area (Å²) in [5.74, 6) is 1.80. The van der Waals surface area contributed by atoms with E-state index in [-0.39, 0.29) is 5.91 Å². The third-order valence-electron chi connectivity index (χ3n) is 6.52. The molecule has 1 aliphatic rings. The first-order valence-corrected chi connectivity index (χ1v) is 12.1. The van der Waals surface area contributed by atoms with Crippen LogP contribution in [0, 0.1) is 6.92 Å². The Kier molecular flexibility index (Phi) is 5.97. The highest BCUT2D eigenvalue weighted by atomic mass is 16.5. The van der Waals surface area contributed by atoms with Gasteiger partial charge in [-0.05, 0) is 66.5 Å². The molecule has 4 heterocycles. The van der Waals surface area contributed by atoms with Gasteiger partial charge in [-0.15, -0.1) is 10.2 Å². The van der Waals surface area contributed by atoms with Gasteiger partial charge in [0.05, 0.1) is 5.52 Å².